The van der Waals surface area contributed by atoms with Crippen LogP contribution in [0.1, 0.15) is 5.56 Å². The van der Waals surface area contributed by atoms with Gasteiger partial charge in [-0.1, -0.05) is 23.2 Å². The summed E-state index contributed by atoms with van der Waals surface area (Å²) in [4.78, 5) is 21.3. The number of fused-ring (bicyclic) bond motifs is 1. The predicted octanol–water partition coefficient (Wildman–Crippen LogP) is 2.75. The standard InChI is InChI=1S/C16H12Cl2N8/c17-10-4-22-5-11(18)9(10)6-26-7-23-14(20)13-16(26)25-15(24-13)8-3-21-2-1-12(8)19/h1-5,7H,6,20H2,(H2,19,21). The van der Waals surface area contributed by atoms with E-state index < -0.39 is 0 Å². The maximum atomic E-state index is 6.22. The summed E-state index contributed by atoms with van der Waals surface area (Å²) in [5.41, 5.74) is 14.3. The Balaban J connectivity index is 1.85. The van der Waals surface area contributed by atoms with E-state index in [1.54, 1.807) is 29.4 Å². The van der Waals surface area contributed by atoms with Gasteiger partial charge in [0.1, 0.15) is 0 Å². The zero-order chi connectivity index (χ0) is 18.3. The molecule has 0 radical (unpaired) electrons. The highest BCUT2D eigenvalue weighted by Crippen LogP contribution is 2.32. The van der Waals surface area contributed by atoms with Crippen molar-refractivity contribution in [3.8, 4) is 22.9 Å². The average molecular weight is 387 g/mol. The van der Waals surface area contributed by atoms with E-state index in [0.29, 0.717) is 50.7 Å². The number of halogens is 2. The Morgan fingerprint density at radius 2 is 1.77 bits per heavy atom. The summed E-state index contributed by atoms with van der Waals surface area (Å²) < 4.78 is 1.77. The van der Waals surface area contributed by atoms with Crippen LogP contribution in [0, 0.1) is 0 Å². The Morgan fingerprint density at radius 1 is 1.00 bits per heavy atom. The second-order valence-corrected chi connectivity index (χ2v) is 6.34. The molecule has 26 heavy (non-hydrogen) atoms. The Kier molecular flexibility index (Phi) is 4.06. The van der Waals surface area contributed by atoms with E-state index in [1.807, 2.05) is 0 Å². The smallest absolute Gasteiger partial charge is 0.166 e. The van der Waals surface area contributed by atoms with E-state index in [0.717, 1.165) is 0 Å². The second-order valence-electron chi connectivity index (χ2n) is 5.52. The van der Waals surface area contributed by atoms with Crippen molar-refractivity contribution in [2.45, 2.75) is 6.54 Å². The van der Waals surface area contributed by atoms with E-state index in [1.165, 1.54) is 12.4 Å². The Bertz CT molecular complexity index is 1060. The van der Waals surface area contributed by atoms with E-state index in [2.05, 4.69) is 24.9 Å². The highest BCUT2D eigenvalue weighted by molar-refractivity contribution is 6.35. The molecule has 130 valence electrons. The van der Waals surface area contributed by atoms with Gasteiger partial charge in [0, 0.05) is 36.0 Å². The number of imidazole rings is 1. The molecule has 0 aliphatic carbocycles. The SMILES string of the molecule is Nc1ccncc1-c1nc2c(N)ncn(Cc3c(Cl)cncc3Cl)c-2n1. The number of nitrogens with two attached hydrogens (primary N) is 2. The molecular formula is C16H12Cl2N8. The van der Waals surface area contributed by atoms with Gasteiger partial charge >= 0.3 is 0 Å². The van der Waals surface area contributed by atoms with E-state index in [9.17, 15) is 0 Å². The fourth-order valence-corrected chi connectivity index (χ4v) is 3.03. The van der Waals surface area contributed by atoms with Crippen molar-refractivity contribution in [2.75, 3.05) is 11.5 Å². The summed E-state index contributed by atoms with van der Waals surface area (Å²) in [7, 11) is 0. The number of hydrogen-bond donors (Lipinski definition) is 2. The van der Waals surface area contributed by atoms with E-state index >= 15 is 0 Å². The van der Waals surface area contributed by atoms with Crippen LogP contribution in [0.3, 0.4) is 0 Å². The van der Waals surface area contributed by atoms with Gasteiger partial charge in [-0.25, -0.2) is 15.0 Å². The minimum Gasteiger partial charge on any atom is -0.398 e. The Labute approximate surface area is 158 Å². The van der Waals surface area contributed by atoms with Gasteiger partial charge in [0.25, 0.3) is 0 Å². The zero-order valence-corrected chi connectivity index (χ0v) is 14.8. The summed E-state index contributed by atoms with van der Waals surface area (Å²) in [5.74, 6) is 1.23. The van der Waals surface area contributed by atoms with Gasteiger partial charge in [-0.05, 0) is 6.07 Å². The average Bonchev–Trinajstić information content (AvgIpc) is 3.07. The lowest BCUT2D eigenvalue weighted by Crippen LogP contribution is -2.10. The maximum absolute atomic E-state index is 6.22. The molecule has 2 aliphatic rings. The monoisotopic (exact) mass is 386 g/mol. The van der Waals surface area contributed by atoms with Crippen LogP contribution in [0.25, 0.3) is 22.9 Å². The molecule has 8 nitrogen and oxygen atoms in total. The van der Waals surface area contributed by atoms with Crippen LogP contribution in [0.4, 0.5) is 11.5 Å². The molecule has 0 unspecified atom stereocenters. The first kappa shape index (κ1) is 16.5. The molecule has 0 bridgehead atoms. The van der Waals surface area contributed by atoms with Crippen LogP contribution in [0.15, 0.2) is 37.2 Å². The van der Waals surface area contributed by atoms with Gasteiger partial charge in [0.15, 0.2) is 23.2 Å². The molecule has 0 spiro atoms. The molecular weight excluding hydrogens is 375 g/mol. The van der Waals surface area contributed by atoms with Crippen LogP contribution in [-0.2, 0) is 6.54 Å². The minimum atomic E-state index is 0.268. The second kappa shape index (κ2) is 6.40. The van der Waals surface area contributed by atoms with Gasteiger partial charge in [-0.2, -0.15) is 0 Å². The number of anilines is 2. The molecule has 0 fully saturated rings. The maximum Gasteiger partial charge on any atom is 0.166 e. The number of nitrogens with zero attached hydrogens (tertiary/aromatic N) is 6. The Hall–Kier alpha value is -2.97. The van der Waals surface area contributed by atoms with Crippen molar-refractivity contribution >= 4 is 34.7 Å². The predicted molar refractivity (Wildman–Crippen MR) is 99.9 cm³/mol. The van der Waals surface area contributed by atoms with Crippen LogP contribution in [0.2, 0.25) is 10.0 Å². The minimum absolute atomic E-state index is 0.268. The van der Waals surface area contributed by atoms with Crippen LogP contribution in [-0.4, -0.2) is 29.5 Å². The molecule has 2 aromatic heterocycles. The van der Waals surface area contributed by atoms with Crippen molar-refractivity contribution in [1.82, 2.24) is 29.5 Å². The summed E-state index contributed by atoms with van der Waals surface area (Å²) >= 11 is 12.4. The lowest BCUT2D eigenvalue weighted by Gasteiger charge is -2.13. The lowest BCUT2D eigenvalue weighted by molar-refractivity contribution is 0.762. The third-order valence-corrected chi connectivity index (χ3v) is 4.52. The van der Waals surface area contributed by atoms with Gasteiger partial charge in [-0.15, -0.1) is 0 Å². The first-order valence-corrected chi connectivity index (χ1v) is 8.26. The fourth-order valence-electron chi connectivity index (χ4n) is 2.54. The van der Waals surface area contributed by atoms with Crippen molar-refractivity contribution < 1.29 is 0 Å². The number of nitrogen functional groups attached to an aromatic ring is 2. The van der Waals surface area contributed by atoms with Crippen LogP contribution in [0.5, 0.6) is 0 Å². The first-order valence-electron chi connectivity index (χ1n) is 7.50. The summed E-state index contributed by atoms with van der Waals surface area (Å²) in [5, 5.41) is 0.900. The highest BCUT2D eigenvalue weighted by atomic mass is 35.5. The number of rotatable bonds is 3. The van der Waals surface area contributed by atoms with Crippen molar-refractivity contribution in [3.05, 3.63) is 52.8 Å². The zero-order valence-electron chi connectivity index (χ0n) is 13.3. The van der Waals surface area contributed by atoms with Gasteiger partial charge in [0.05, 0.1) is 28.5 Å². The van der Waals surface area contributed by atoms with E-state index in [-0.39, 0.29) is 5.82 Å². The molecule has 0 saturated heterocycles. The molecule has 2 aromatic rings. The van der Waals surface area contributed by atoms with Gasteiger partial charge < -0.3 is 16.0 Å². The third kappa shape index (κ3) is 2.79. The largest absolute Gasteiger partial charge is 0.398 e. The number of aromatic nitrogens is 6. The molecule has 0 saturated carbocycles. The number of hydrogen-bond acceptors (Lipinski definition) is 7. The third-order valence-electron chi connectivity index (χ3n) is 3.87. The van der Waals surface area contributed by atoms with Gasteiger partial charge in [-0.3, -0.25) is 9.97 Å². The molecule has 10 heteroatoms. The van der Waals surface area contributed by atoms with E-state index in [4.69, 9.17) is 34.7 Å². The number of pyridine rings is 2. The first-order chi connectivity index (χ1) is 12.5. The van der Waals surface area contributed by atoms with Crippen molar-refractivity contribution in [1.29, 1.82) is 0 Å². The van der Waals surface area contributed by atoms with Crippen LogP contribution >= 0.6 is 23.2 Å². The van der Waals surface area contributed by atoms with Gasteiger partial charge in [0.2, 0.25) is 0 Å². The molecule has 4 heterocycles. The highest BCUT2D eigenvalue weighted by Gasteiger charge is 2.21. The molecule has 0 amide bonds. The Morgan fingerprint density at radius 3 is 2.50 bits per heavy atom. The summed E-state index contributed by atoms with van der Waals surface area (Å²) in [6, 6.07) is 1.68. The van der Waals surface area contributed by atoms with Crippen molar-refractivity contribution in [2.24, 2.45) is 0 Å². The summed E-state index contributed by atoms with van der Waals surface area (Å²) in [6.07, 6.45) is 7.84. The topological polar surface area (TPSA) is 121 Å². The molecule has 0 atom stereocenters. The molecule has 4 rings (SSSR count). The molecule has 4 N–H and O–H groups in total. The molecule has 2 aliphatic heterocycles. The van der Waals surface area contributed by atoms with Crippen molar-refractivity contribution in [3.63, 3.8) is 0 Å². The quantitative estimate of drug-likeness (QED) is 0.554. The fraction of sp³-hybridized carbons (Fsp3) is 0.0625. The van der Waals surface area contributed by atoms with Crippen LogP contribution < -0.4 is 11.5 Å². The molecule has 0 aromatic carbocycles. The normalized spacial score (nSPS) is 11.2. The lowest BCUT2D eigenvalue weighted by atomic mass is 10.2. The summed E-state index contributed by atoms with van der Waals surface area (Å²) in [6.45, 7) is 0.338.